The van der Waals surface area contributed by atoms with Gasteiger partial charge in [0.2, 0.25) is 0 Å². The highest BCUT2D eigenvalue weighted by atomic mass is 16.6. The summed E-state index contributed by atoms with van der Waals surface area (Å²) in [5.41, 5.74) is 0. The highest BCUT2D eigenvalue weighted by molar-refractivity contribution is 4.92. The monoisotopic (exact) mass is 112 g/mol. The van der Waals surface area contributed by atoms with Gasteiger partial charge in [-0.2, -0.15) is 0 Å². The van der Waals surface area contributed by atoms with Crippen LogP contribution in [0, 0.1) is 5.92 Å². The smallest absolute Gasteiger partial charge is 0.0867 e. The van der Waals surface area contributed by atoms with Gasteiger partial charge in [0.05, 0.1) is 12.2 Å². The molecule has 1 saturated carbocycles. The first-order valence-corrected chi connectivity index (χ1v) is 3.53. The lowest BCUT2D eigenvalue weighted by atomic mass is 9.91. The lowest BCUT2D eigenvalue weighted by Crippen LogP contribution is -2.11. The van der Waals surface area contributed by atoms with Crippen molar-refractivity contribution in [3.8, 4) is 0 Å². The molecule has 1 nitrogen and oxygen atoms in total. The molecule has 0 aromatic rings. The normalized spacial score (nSPS) is 52.9. The van der Waals surface area contributed by atoms with E-state index in [0.717, 1.165) is 5.92 Å². The van der Waals surface area contributed by atoms with Crippen molar-refractivity contribution in [1.29, 1.82) is 0 Å². The van der Waals surface area contributed by atoms with Gasteiger partial charge in [0, 0.05) is 0 Å². The van der Waals surface area contributed by atoms with Crippen molar-refractivity contribution in [2.24, 2.45) is 5.92 Å². The third-order valence-electron chi connectivity index (χ3n) is 2.33. The van der Waals surface area contributed by atoms with E-state index < -0.39 is 0 Å². The van der Waals surface area contributed by atoms with Gasteiger partial charge in [0.25, 0.3) is 0 Å². The molecular formula is C7H12O. The molecule has 3 atom stereocenters. The molecule has 2 fully saturated rings. The Morgan fingerprint density at radius 2 is 2.25 bits per heavy atom. The third-order valence-corrected chi connectivity index (χ3v) is 2.33. The number of epoxide rings is 1. The lowest BCUT2D eigenvalue weighted by Gasteiger charge is -2.10. The summed E-state index contributed by atoms with van der Waals surface area (Å²) in [6.45, 7) is 2.30. The number of hydrogen-bond donors (Lipinski definition) is 0. The zero-order valence-electron chi connectivity index (χ0n) is 5.26. The van der Waals surface area contributed by atoms with E-state index in [0.29, 0.717) is 12.2 Å². The van der Waals surface area contributed by atoms with Gasteiger partial charge < -0.3 is 4.74 Å². The SMILES string of the molecule is C[C@H]1CCC[C@@H]2O[C@@H]21. The van der Waals surface area contributed by atoms with Crippen LogP contribution >= 0.6 is 0 Å². The first-order chi connectivity index (χ1) is 3.88. The minimum Gasteiger partial charge on any atom is -0.369 e. The third kappa shape index (κ3) is 0.576. The maximum Gasteiger partial charge on any atom is 0.0867 e. The number of hydrogen-bond acceptors (Lipinski definition) is 1. The van der Waals surface area contributed by atoms with E-state index in [2.05, 4.69) is 6.92 Å². The number of fused-ring (bicyclic) bond motifs is 1. The molecule has 1 heteroatoms. The summed E-state index contributed by atoms with van der Waals surface area (Å²) in [5, 5.41) is 0. The zero-order valence-corrected chi connectivity index (χ0v) is 5.26. The Balaban J connectivity index is 1.99. The predicted octanol–water partition coefficient (Wildman–Crippen LogP) is 1.57. The van der Waals surface area contributed by atoms with E-state index >= 15 is 0 Å². The van der Waals surface area contributed by atoms with E-state index in [1.54, 1.807) is 0 Å². The molecule has 0 spiro atoms. The maximum absolute atomic E-state index is 5.39. The molecule has 1 aliphatic carbocycles. The van der Waals surface area contributed by atoms with Crippen molar-refractivity contribution in [2.45, 2.75) is 38.4 Å². The Kier molecular flexibility index (Phi) is 0.884. The fourth-order valence-electron chi connectivity index (χ4n) is 1.69. The van der Waals surface area contributed by atoms with Gasteiger partial charge in [-0.1, -0.05) is 13.3 Å². The Hall–Kier alpha value is -0.0400. The number of rotatable bonds is 0. The molecule has 1 heterocycles. The minimum absolute atomic E-state index is 0.670. The van der Waals surface area contributed by atoms with Crippen LogP contribution < -0.4 is 0 Å². The first-order valence-electron chi connectivity index (χ1n) is 3.53. The Bertz CT molecular complexity index is 101. The van der Waals surface area contributed by atoms with Crippen LogP contribution in [0.15, 0.2) is 0 Å². The Morgan fingerprint density at radius 3 is 2.88 bits per heavy atom. The summed E-state index contributed by atoms with van der Waals surface area (Å²) in [5.74, 6) is 0.855. The molecule has 2 rings (SSSR count). The van der Waals surface area contributed by atoms with Crippen LogP contribution in [-0.4, -0.2) is 12.2 Å². The molecule has 8 heavy (non-hydrogen) atoms. The molecule has 2 aliphatic rings. The van der Waals surface area contributed by atoms with Crippen LogP contribution in [0.25, 0.3) is 0 Å². The second-order valence-corrected chi connectivity index (χ2v) is 3.05. The van der Waals surface area contributed by atoms with E-state index in [4.69, 9.17) is 4.74 Å². The van der Waals surface area contributed by atoms with Gasteiger partial charge in [-0.05, 0) is 18.8 Å². The minimum atomic E-state index is 0.670. The van der Waals surface area contributed by atoms with Gasteiger partial charge >= 0.3 is 0 Å². The average molecular weight is 112 g/mol. The fraction of sp³-hybridized carbons (Fsp3) is 1.00. The van der Waals surface area contributed by atoms with Crippen molar-refractivity contribution in [1.82, 2.24) is 0 Å². The van der Waals surface area contributed by atoms with Gasteiger partial charge in [-0.15, -0.1) is 0 Å². The molecular weight excluding hydrogens is 100 g/mol. The summed E-state index contributed by atoms with van der Waals surface area (Å²) < 4.78 is 5.39. The molecule has 1 saturated heterocycles. The molecule has 0 radical (unpaired) electrons. The van der Waals surface area contributed by atoms with Crippen LogP contribution in [0.1, 0.15) is 26.2 Å². The molecule has 0 amide bonds. The van der Waals surface area contributed by atoms with Gasteiger partial charge in [0.1, 0.15) is 0 Å². The van der Waals surface area contributed by atoms with Crippen molar-refractivity contribution in [2.75, 3.05) is 0 Å². The van der Waals surface area contributed by atoms with Crippen LogP contribution in [-0.2, 0) is 4.74 Å². The molecule has 0 aromatic heterocycles. The zero-order chi connectivity index (χ0) is 5.56. The highest BCUT2D eigenvalue weighted by Crippen LogP contribution is 2.39. The summed E-state index contributed by atoms with van der Waals surface area (Å²) in [4.78, 5) is 0. The van der Waals surface area contributed by atoms with E-state index in [1.807, 2.05) is 0 Å². The van der Waals surface area contributed by atoms with E-state index in [9.17, 15) is 0 Å². The first kappa shape index (κ1) is 4.80. The second kappa shape index (κ2) is 1.47. The van der Waals surface area contributed by atoms with Gasteiger partial charge in [-0.3, -0.25) is 0 Å². The largest absolute Gasteiger partial charge is 0.369 e. The number of ether oxygens (including phenoxy) is 1. The summed E-state index contributed by atoms with van der Waals surface area (Å²) >= 11 is 0. The van der Waals surface area contributed by atoms with E-state index in [1.165, 1.54) is 19.3 Å². The predicted molar refractivity (Wildman–Crippen MR) is 31.7 cm³/mol. The van der Waals surface area contributed by atoms with Crippen LogP contribution in [0.2, 0.25) is 0 Å². The van der Waals surface area contributed by atoms with Crippen LogP contribution in [0.5, 0.6) is 0 Å². The topological polar surface area (TPSA) is 12.5 Å². The molecule has 1 aliphatic heterocycles. The summed E-state index contributed by atoms with van der Waals surface area (Å²) in [7, 11) is 0. The van der Waals surface area contributed by atoms with Crippen molar-refractivity contribution in [3.63, 3.8) is 0 Å². The summed E-state index contributed by atoms with van der Waals surface area (Å²) in [6.07, 6.45) is 5.46. The molecule has 0 unspecified atom stereocenters. The summed E-state index contributed by atoms with van der Waals surface area (Å²) in [6, 6.07) is 0. The second-order valence-electron chi connectivity index (χ2n) is 3.05. The molecule has 46 valence electrons. The molecule has 0 aromatic carbocycles. The standard InChI is InChI=1S/C7H12O/c1-5-3-2-4-6-7(5)8-6/h5-7H,2-4H2,1H3/t5-,6-,7+/m0/s1. The van der Waals surface area contributed by atoms with E-state index in [-0.39, 0.29) is 0 Å². The van der Waals surface area contributed by atoms with Gasteiger partial charge in [0.15, 0.2) is 0 Å². The van der Waals surface area contributed by atoms with Gasteiger partial charge in [-0.25, -0.2) is 0 Å². The van der Waals surface area contributed by atoms with Crippen LogP contribution in [0.4, 0.5) is 0 Å². The fourth-order valence-corrected chi connectivity index (χ4v) is 1.69. The average Bonchev–Trinajstić information content (AvgIpc) is 2.45. The molecule has 0 N–H and O–H groups in total. The van der Waals surface area contributed by atoms with Crippen molar-refractivity contribution < 1.29 is 4.74 Å². The van der Waals surface area contributed by atoms with Crippen molar-refractivity contribution >= 4 is 0 Å². The highest BCUT2D eigenvalue weighted by Gasteiger charge is 2.44. The Morgan fingerprint density at radius 1 is 1.38 bits per heavy atom. The quantitative estimate of drug-likeness (QED) is 0.433. The van der Waals surface area contributed by atoms with Crippen molar-refractivity contribution in [3.05, 3.63) is 0 Å². The van der Waals surface area contributed by atoms with Crippen LogP contribution in [0.3, 0.4) is 0 Å². The Labute approximate surface area is 50.0 Å². The molecule has 0 bridgehead atoms. The maximum atomic E-state index is 5.39. The lowest BCUT2D eigenvalue weighted by molar-refractivity contribution is 0.336.